The summed E-state index contributed by atoms with van der Waals surface area (Å²) in [6.07, 6.45) is 0.485. The number of rotatable bonds is 10. The van der Waals surface area contributed by atoms with Crippen molar-refractivity contribution in [3.8, 4) is 0 Å². The fraction of sp³-hybridized carbons (Fsp3) is 0.588. The minimum Gasteiger partial charge on any atom is -0.379 e. The van der Waals surface area contributed by atoms with E-state index in [1.165, 1.54) is 5.56 Å². The van der Waals surface area contributed by atoms with E-state index in [2.05, 4.69) is 24.4 Å². The first-order chi connectivity index (χ1) is 10.1. The van der Waals surface area contributed by atoms with Crippen LogP contribution in [-0.4, -0.2) is 38.4 Å². The summed E-state index contributed by atoms with van der Waals surface area (Å²) in [4.78, 5) is 11.8. The van der Waals surface area contributed by atoms with Crippen LogP contribution in [0.5, 0.6) is 0 Å². The summed E-state index contributed by atoms with van der Waals surface area (Å²) in [6, 6.07) is 10.3. The zero-order chi connectivity index (χ0) is 15.5. The number of nitrogens with one attached hydrogen (secondary N) is 1. The van der Waals surface area contributed by atoms with E-state index in [1.54, 1.807) is 6.92 Å². The van der Waals surface area contributed by atoms with Gasteiger partial charge in [0.1, 0.15) is 6.10 Å². The molecule has 0 saturated heterocycles. The fourth-order valence-electron chi connectivity index (χ4n) is 2.01. The second kappa shape index (κ2) is 10.4. The largest absolute Gasteiger partial charge is 0.379 e. The van der Waals surface area contributed by atoms with Gasteiger partial charge in [0.05, 0.1) is 13.2 Å². The lowest BCUT2D eigenvalue weighted by molar-refractivity contribution is -0.132. The second-order valence-corrected chi connectivity index (χ2v) is 5.10. The molecule has 0 heterocycles. The van der Waals surface area contributed by atoms with Gasteiger partial charge in [-0.15, -0.1) is 0 Å². The lowest BCUT2D eigenvalue weighted by Gasteiger charge is -2.15. The van der Waals surface area contributed by atoms with Gasteiger partial charge in [-0.1, -0.05) is 37.3 Å². The molecular formula is C17H27NO3. The maximum Gasteiger partial charge on any atom is 0.248 e. The molecular weight excluding hydrogens is 266 g/mol. The van der Waals surface area contributed by atoms with Gasteiger partial charge in [0, 0.05) is 13.2 Å². The summed E-state index contributed by atoms with van der Waals surface area (Å²) in [7, 11) is 0. The van der Waals surface area contributed by atoms with Gasteiger partial charge in [0.2, 0.25) is 5.91 Å². The maximum atomic E-state index is 11.8. The van der Waals surface area contributed by atoms with E-state index < -0.39 is 6.10 Å². The zero-order valence-electron chi connectivity index (χ0n) is 13.3. The highest BCUT2D eigenvalue weighted by Crippen LogP contribution is 2.17. The van der Waals surface area contributed by atoms with Crippen LogP contribution in [0.2, 0.25) is 0 Å². The number of hydrogen-bond donors (Lipinski definition) is 1. The zero-order valence-corrected chi connectivity index (χ0v) is 13.3. The second-order valence-electron chi connectivity index (χ2n) is 5.10. The third-order valence-electron chi connectivity index (χ3n) is 3.41. The lowest BCUT2D eigenvalue weighted by Crippen LogP contribution is -2.36. The number of benzene rings is 1. The molecule has 1 N–H and O–H groups in total. The Morgan fingerprint density at radius 1 is 1.19 bits per heavy atom. The molecule has 0 aliphatic rings. The lowest BCUT2D eigenvalue weighted by atomic mass is 9.98. The highest BCUT2D eigenvalue weighted by molar-refractivity contribution is 5.80. The molecule has 4 nitrogen and oxygen atoms in total. The third-order valence-corrected chi connectivity index (χ3v) is 3.41. The van der Waals surface area contributed by atoms with E-state index in [0.29, 0.717) is 32.3 Å². The third kappa shape index (κ3) is 7.25. The van der Waals surface area contributed by atoms with Crippen molar-refractivity contribution in [2.75, 3.05) is 26.4 Å². The highest BCUT2D eigenvalue weighted by Gasteiger charge is 2.13. The minimum atomic E-state index is -0.433. The van der Waals surface area contributed by atoms with Crippen molar-refractivity contribution < 1.29 is 14.3 Å². The Morgan fingerprint density at radius 3 is 2.57 bits per heavy atom. The summed E-state index contributed by atoms with van der Waals surface area (Å²) in [5.74, 6) is 0.368. The molecule has 4 heteroatoms. The quantitative estimate of drug-likeness (QED) is 0.675. The molecule has 0 aliphatic heterocycles. The van der Waals surface area contributed by atoms with Crippen molar-refractivity contribution in [1.82, 2.24) is 5.32 Å². The number of hydrogen-bond acceptors (Lipinski definition) is 3. The predicted molar refractivity (Wildman–Crippen MR) is 84.4 cm³/mol. The Kier molecular flexibility index (Phi) is 8.71. The molecule has 21 heavy (non-hydrogen) atoms. The van der Waals surface area contributed by atoms with E-state index >= 15 is 0 Å². The topological polar surface area (TPSA) is 47.6 Å². The van der Waals surface area contributed by atoms with Crippen LogP contribution >= 0.6 is 0 Å². The normalized spacial score (nSPS) is 13.7. The standard InChI is InChI=1S/C17H27NO3/c1-4-20-12-13-21-15(3)17(19)18-11-10-14(2)16-8-6-5-7-9-16/h5-9,14-15H,4,10-13H2,1-3H3,(H,18,19)/t14-,15-/m0/s1. The number of carbonyl (C=O) groups excluding carboxylic acids is 1. The van der Waals surface area contributed by atoms with E-state index in [-0.39, 0.29) is 5.91 Å². The highest BCUT2D eigenvalue weighted by atomic mass is 16.5. The monoisotopic (exact) mass is 293 g/mol. The van der Waals surface area contributed by atoms with Crippen LogP contribution < -0.4 is 5.32 Å². The first-order valence-electron chi connectivity index (χ1n) is 7.67. The molecule has 1 amide bonds. The van der Waals surface area contributed by atoms with Crippen LogP contribution in [-0.2, 0) is 14.3 Å². The first kappa shape index (κ1) is 17.7. The molecule has 0 aliphatic carbocycles. The molecule has 118 valence electrons. The Labute approximate surface area is 127 Å². The maximum absolute atomic E-state index is 11.8. The molecule has 0 bridgehead atoms. The van der Waals surface area contributed by atoms with Crippen molar-refractivity contribution in [2.24, 2.45) is 0 Å². The Hall–Kier alpha value is -1.39. The van der Waals surface area contributed by atoms with Gasteiger partial charge in [0.25, 0.3) is 0 Å². The predicted octanol–water partition coefficient (Wildman–Crippen LogP) is 2.74. The molecule has 1 aromatic carbocycles. The van der Waals surface area contributed by atoms with Gasteiger partial charge in [-0.25, -0.2) is 0 Å². The van der Waals surface area contributed by atoms with Gasteiger partial charge >= 0.3 is 0 Å². The first-order valence-corrected chi connectivity index (χ1v) is 7.67. The summed E-state index contributed by atoms with van der Waals surface area (Å²) in [6.45, 7) is 8.17. The molecule has 0 radical (unpaired) electrons. The summed E-state index contributed by atoms with van der Waals surface area (Å²) in [5, 5.41) is 2.92. The van der Waals surface area contributed by atoms with Gasteiger partial charge in [0.15, 0.2) is 0 Å². The van der Waals surface area contributed by atoms with Crippen molar-refractivity contribution in [3.63, 3.8) is 0 Å². The van der Waals surface area contributed by atoms with Crippen molar-refractivity contribution in [3.05, 3.63) is 35.9 Å². The molecule has 0 saturated carbocycles. The number of carbonyl (C=O) groups is 1. The summed E-state index contributed by atoms with van der Waals surface area (Å²) >= 11 is 0. The van der Waals surface area contributed by atoms with E-state index in [0.717, 1.165) is 6.42 Å². The van der Waals surface area contributed by atoms with E-state index in [1.807, 2.05) is 25.1 Å². The number of amides is 1. The van der Waals surface area contributed by atoms with Gasteiger partial charge in [-0.2, -0.15) is 0 Å². The summed E-state index contributed by atoms with van der Waals surface area (Å²) in [5.41, 5.74) is 1.30. The Bertz CT molecular complexity index is 394. The van der Waals surface area contributed by atoms with Crippen LogP contribution in [0.1, 0.15) is 38.7 Å². The van der Waals surface area contributed by atoms with Gasteiger partial charge < -0.3 is 14.8 Å². The molecule has 2 atom stereocenters. The summed E-state index contributed by atoms with van der Waals surface area (Å²) < 4.78 is 10.6. The SMILES string of the molecule is CCOCCO[C@@H](C)C(=O)NCC[C@H](C)c1ccccc1. The van der Waals surface area contributed by atoms with Crippen molar-refractivity contribution in [2.45, 2.75) is 39.2 Å². The minimum absolute atomic E-state index is 0.0632. The molecule has 1 aromatic rings. The molecule has 0 unspecified atom stereocenters. The molecule has 0 aromatic heterocycles. The Morgan fingerprint density at radius 2 is 1.90 bits per heavy atom. The van der Waals surface area contributed by atoms with Gasteiger partial charge in [-0.05, 0) is 31.7 Å². The van der Waals surface area contributed by atoms with Crippen molar-refractivity contribution >= 4 is 5.91 Å². The van der Waals surface area contributed by atoms with Crippen LogP contribution in [0.4, 0.5) is 0 Å². The smallest absolute Gasteiger partial charge is 0.248 e. The molecule has 0 spiro atoms. The van der Waals surface area contributed by atoms with Crippen LogP contribution in [0.15, 0.2) is 30.3 Å². The van der Waals surface area contributed by atoms with E-state index in [4.69, 9.17) is 9.47 Å². The van der Waals surface area contributed by atoms with Gasteiger partial charge in [-0.3, -0.25) is 4.79 Å². The average molecular weight is 293 g/mol. The fourth-order valence-corrected chi connectivity index (χ4v) is 2.01. The number of ether oxygens (including phenoxy) is 2. The van der Waals surface area contributed by atoms with Crippen LogP contribution in [0.25, 0.3) is 0 Å². The average Bonchev–Trinajstić information content (AvgIpc) is 2.52. The van der Waals surface area contributed by atoms with E-state index in [9.17, 15) is 4.79 Å². The molecule has 1 rings (SSSR count). The van der Waals surface area contributed by atoms with Crippen LogP contribution in [0.3, 0.4) is 0 Å². The molecule has 0 fully saturated rings. The van der Waals surface area contributed by atoms with Crippen LogP contribution in [0, 0.1) is 0 Å². The Balaban J connectivity index is 2.17. The van der Waals surface area contributed by atoms with Crippen molar-refractivity contribution in [1.29, 1.82) is 0 Å².